The number of halogens is 1. The average Bonchev–Trinajstić information content (AvgIpc) is 3.24. The first-order chi connectivity index (χ1) is 14.7. The highest BCUT2D eigenvalue weighted by atomic mass is 35.5. The molecule has 0 amide bonds. The zero-order chi connectivity index (χ0) is 20.5. The van der Waals surface area contributed by atoms with Crippen LogP contribution in [0.15, 0.2) is 90.1 Å². The number of rotatable bonds is 4. The van der Waals surface area contributed by atoms with E-state index in [1.54, 1.807) is 7.11 Å². The van der Waals surface area contributed by atoms with E-state index in [0.29, 0.717) is 5.95 Å². The van der Waals surface area contributed by atoms with Crippen molar-refractivity contribution in [3.63, 3.8) is 0 Å². The Bertz CT molecular complexity index is 1200. The van der Waals surface area contributed by atoms with E-state index in [9.17, 15) is 0 Å². The summed E-state index contributed by atoms with van der Waals surface area (Å²) in [5, 5.41) is 0.717. The van der Waals surface area contributed by atoms with Crippen molar-refractivity contribution in [3.05, 3.63) is 101 Å². The second-order valence-electron chi connectivity index (χ2n) is 7.26. The minimum absolute atomic E-state index is 0.0963. The van der Waals surface area contributed by atoms with Crippen molar-refractivity contribution in [2.75, 3.05) is 7.11 Å². The summed E-state index contributed by atoms with van der Waals surface area (Å²) in [6, 6.07) is 26.4. The van der Waals surface area contributed by atoms with Crippen molar-refractivity contribution in [3.8, 4) is 17.0 Å². The van der Waals surface area contributed by atoms with Crippen LogP contribution in [-0.4, -0.2) is 22.4 Å². The summed E-state index contributed by atoms with van der Waals surface area (Å²) in [4.78, 5) is 9.75. The molecule has 30 heavy (non-hydrogen) atoms. The van der Waals surface area contributed by atoms with Crippen LogP contribution in [0.4, 0.5) is 5.95 Å². The molecule has 0 fully saturated rings. The number of hydrogen-bond acceptors (Lipinski definition) is 3. The van der Waals surface area contributed by atoms with Gasteiger partial charge in [0, 0.05) is 23.2 Å². The van der Waals surface area contributed by atoms with Crippen LogP contribution in [0.25, 0.3) is 11.3 Å². The maximum absolute atomic E-state index is 6.09. The minimum atomic E-state index is 0.0963. The Balaban J connectivity index is 1.62. The number of imidazole rings is 1. The molecular weight excluding hydrogens is 394 g/mol. The third-order valence-corrected chi connectivity index (χ3v) is 5.67. The standard InChI is InChI=1S/C25H20ClN3O/c1-30-21-13-9-19(10-14-21)24-15-22(18-7-11-20(26)12-8-18)27-25-28-23(16-29(24)25)17-5-3-2-4-6-17/h2-14,16,24H,15H2,1H3. The third kappa shape index (κ3) is 3.51. The van der Waals surface area contributed by atoms with Crippen LogP contribution < -0.4 is 4.74 Å². The smallest absolute Gasteiger partial charge is 0.230 e. The Morgan fingerprint density at radius 1 is 0.900 bits per heavy atom. The Morgan fingerprint density at radius 2 is 1.63 bits per heavy atom. The average molecular weight is 414 g/mol. The van der Waals surface area contributed by atoms with Crippen LogP contribution in [-0.2, 0) is 0 Å². The van der Waals surface area contributed by atoms with E-state index in [4.69, 9.17) is 26.3 Å². The first-order valence-corrected chi connectivity index (χ1v) is 10.2. The van der Waals surface area contributed by atoms with Crippen molar-refractivity contribution in [1.82, 2.24) is 9.55 Å². The SMILES string of the molecule is COc1ccc(C2CC(c3ccc(Cl)cc3)=Nc3nc(-c4ccccc4)cn32)cc1. The summed E-state index contributed by atoms with van der Waals surface area (Å²) in [7, 11) is 1.68. The molecule has 148 valence electrons. The number of nitrogens with zero attached hydrogens (tertiary/aromatic N) is 3. The zero-order valence-corrected chi connectivity index (χ0v) is 17.3. The van der Waals surface area contributed by atoms with Crippen LogP contribution in [0.3, 0.4) is 0 Å². The van der Waals surface area contributed by atoms with Gasteiger partial charge in [0.05, 0.1) is 24.6 Å². The summed E-state index contributed by atoms with van der Waals surface area (Å²) < 4.78 is 7.50. The molecule has 1 unspecified atom stereocenters. The molecule has 1 atom stereocenters. The maximum atomic E-state index is 6.09. The van der Waals surface area contributed by atoms with Crippen molar-refractivity contribution >= 4 is 23.3 Å². The van der Waals surface area contributed by atoms with Gasteiger partial charge in [0.15, 0.2) is 0 Å². The molecule has 5 rings (SSSR count). The van der Waals surface area contributed by atoms with Crippen LogP contribution >= 0.6 is 11.6 Å². The molecule has 0 saturated carbocycles. The number of benzene rings is 3. The Hall–Kier alpha value is -3.37. The quantitative estimate of drug-likeness (QED) is 0.392. The van der Waals surface area contributed by atoms with Gasteiger partial charge in [-0.2, -0.15) is 0 Å². The second-order valence-corrected chi connectivity index (χ2v) is 7.69. The van der Waals surface area contributed by atoms with Crippen LogP contribution in [0, 0.1) is 0 Å². The minimum Gasteiger partial charge on any atom is -0.497 e. The lowest BCUT2D eigenvalue weighted by Crippen LogP contribution is -2.19. The summed E-state index contributed by atoms with van der Waals surface area (Å²) in [6.45, 7) is 0. The van der Waals surface area contributed by atoms with Crippen molar-refractivity contribution < 1.29 is 4.74 Å². The molecule has 1 aromatic heterocycles. The first kappa shape index (κ1) is 18.6. The van der Waals surface area contributed by atoms with E-state index in [0.717, 1.165) is 39.7 Å². The van der Waals surface area contributed by atoms with Gasteiger partial charge in [-0.05, 0) is 35.4 Å². The molecule has 4 aromatic rings. The van der Waals surface area contributed by atoms with Gasteiger partial charge in [-0.1, -0.05) is 66.2 Å². The van der Waals surface area contributed by atoms with Gasteiger partial charge in [-0.3, -0.25) is 0 Å². The summed E-state index contributed by atoms with van der Waals surface area (Å²) in [5.41, 5.74) is 5.26. The predicted molar refractivity (Wildman–Crippen MR) is 121 cm³/mol. The maximum Gasteiger partial charge on any atom is 0.230 e. The fraction of sp³-hybridized carbons (Fsp3) is 0.120. The normalized spacial score (nSPS) is 15.4. The number of aromatic nitrogens is 2. The molecule has 1 aliphatic rings. The van der Waals surface area contributed by atoms with E-state index in [1.807, 2.05) is 54.6 Å². The fourth-order valence-corrected chi connectivity index (χ4v) is 3.95. The van der Waals surface area contributed by atoms with Gasteiger partial charge in [0.25, 0.3) is 0 Å². The number of ether oxygens (including phenoxy) is 1. The highest BCUT2D eigenvalue weighted by Crippen LogP contribution is 2.36. The monoisotopic (exact) mass is 413 g/mol. The van der Waals surface area contributed by atoms with Gasteiger partial charge < -0.3 is 9.30 Å². The number of aliphatic imine (C=N–C) groups is 1. The van der Waals surface area contributed by atoms with E-state index in [1.165, 1.54) is 5.56 Å². The van der Waals surface area contributed by atoms with Crippen molar-refractivity contribution in [2.45, 2.75) is 12.5 Å². The van der Waals surface area contributed by atoms with Crippen LogP contribution in [0.1, 0.15) is 23.6 Å². The first-order valence-electron chi connectivity index (χ1n) is 9.83. The lowest BCUT2D eigenvalue weighted by atomic mass is 9.95. The van der Waals surface area contributed by atoms with E-state index < -0.39 is 0 Å². The molecule has 2 heterocycles. The Morgan fingerprint density at radius 3 is 2.33 bits per heavy atom. The molecule has 0 bridgehead atoms. The van der Waals surface area contributed by atoms with E-state index in [2.05, 4.69) is 35.0 Å². The van der Waals surface area contributed by atoms with Crippen molar-refractivity contribution in [2.24, 2.45) is 4.99 Å². The van der Waals surface area contributed by atoms with Gasteiger partial charge >= 0.3 is 0 Å². The van der Waals surface area contributed by atoms with Crippen LogP contribution in [0.2, 0.25) is 5.02 Å². The summed E-state index contributed by atoms with van der Waals surface area (Å²) in [6.07, 6.45) is 2.87. The van der Waals surface area contributed by atoms with Gasteiger partial charge in [0.1, 0.15) is 5.75 Å². The molecule has 3 aromatic carbocycles. The highest BCUT2D eigenvalue weighted by molar-refractivity contribution is 6.30. The fourth-order valence-electron chi connectivity index (χ4n) is 3.82. The Kier molecular flexibility index (Phi) is 4.85. The molecule has 0 spiro atoms. The van der Waals surface area contributed by atoms with E-state index in [-0.39, 0.29) is 6.04 Å². The van der Waals surface area contributed by atoms with Gasteiger partial charge in [0.2, 0.25) is 5.95 Å². The van der Waals surface area contributed by atoms with E-state index >= 15 is 0 Å². The predicted octanol–water partition coefficient (Wildman–Crippen LogP) is 6.33. The number of methoxy groups -OCH3 is 1. The lowest BCUT2D eigenvalue weighted by Gasteiger charge is -2.25. The molecule has 0 N–H and O–H groups in total. The topological polar surface area (TPSA) is 39.4 Å². The highest BCUT2D eigenvalue weighted by Gasteiger charge is 2.26. The Labute approximate surface area is 180 Å². The molecule has 5 heteroatoms. The molecule has 4 nitrogen and oxygen atoms in total. The van der Waals surface area contributed by atoms with Gasteiger partial charge in [-0.25, -0.2) is 9.98 Å². The van der Waals surface area contributed by atoms with Gasteiger partial charge in [-0.15, -0.1) is 0 Å². The second kappa shape index (κ2) is 7.81. The molecule has 0 aliphatic carbocycles. The largest absolute Gasteiger partial charge is 0.497 e. The molecular formula is C25H20ClN3O. The number of hydrogen-bond donors (Lipinski definition) is 0. The number of fused-ring (bicyclic) bond motifs is 1. The third-order valence-electron chi connectivity index (χ3n) is 5.42. The zero-order valence-electron chi connectivity index (χ0n) is 16.5. The molecule has 1 aliphatic heterocycles. The summed E-state index contributed by atoms with van der Waals surface area (Å²) >= 11 is 6.09. The lowest BCUT2D eigenvalue weighted by molar-refractivity contribution is 0.414. The summed E-state index contributed by atoms with van der Waals surface area (Å²) in [5.74, 6) is 1.56. The van der Waals surface area contributed by atoms with Crippen LogP contribution in [0.5, 0.6) is 5.75 Å². The van der Waals surface area contributed by atoms with Crippen molar-refractivity contribution in [1.29, 1.82) is 0 Å². The molecule has 0 radical (unpaired) electrons. The molecule has 0 saturated heterocycles.